The van der Waals surface area contributed by atoms with Crippen molar-refractivity contribution < 1.29 is 9.18 Å². The van der Waals surface area contributed by atoms with Crippen LogP contribution in [-0.4, -0.2) is 35.4 Å². The Morgan fingerprint density at radius 1 is 1.32 bits per heavy atom. The number of piperazine rings is 1. The van der Waals surface area contributed by atoms with Crippen LogP contribution < -0.4 is 5.32 Å². The van der Waals surface area contributed by atoms with Crippen molar-refractivity contribution in [3.63, 3.8) is 0 Å². The van der Waals surface area contributed by atoms with Crippen LogP contribution in [0.4, 0.5) is 4.39 Å². The van der Waals surface area contributed by atoms with Gasteiger partial charge in [-0.1, -0.05) is 18.2 Å². The number of aromatic nitrogens is 1. The molecule has 1 unspecified atom stereocenters. The summed E-state index contributed by atoms with van der Waals surface area (Å²) in [4.78, 5) is 18.8. The number of pyridine rings is 1. The second kappa shape index (κ2) is 9.70. The molecular formula is C18H22Cl2FN3O. The highest BCUT2D eigenvalue weighted by Crippen LogP contribution is 2.23. The minimum absolute atomic E-state index is 0. The van der Waals surface area contributed by atoms with Gasteiger partial charge in [-0.05, 0) is 36.2 Å². The van der Waals surface area contributed by atoms with Crippen LogP contribution >= 0.6 is 24.8 Å². The van der Waals surface area contributed by atoms with Gasteiger partial charge in [0.2, 0.25) is 5.91 Å². The standard InChI is InChI=1S/C18H20FN3O.2ClH/c1-13-5-6-14(11-21-13)9-18(23)22-8-7-20-12-17(22)15-3-2-4-16(19)10-15;;/h2-6,10-11,17,20H,7-9,12H2,1H3;2*1H. The van der Waals surface area contributed by atoms with E-state index in [4.69, 9.17) is 0 Å². The molecule has 0 saturated carbocycles. The van der Waals surface area contributed by atoms with Crippen LogP contribution in [0, 0.1) is 12.7 Å². The lowest BCUT2D eigenvalue weighted by molar-refractivity contribution is -0.133. The lowest BCUT2D eigenvalue weighted by Gasteiger charge is -2.36. The maximum Gasteiger partial charge on any atom is 0.227 e. The Morgan fingerprint density at radius 2 is 2.12 bits per heavy atom. The molecule has 0 spiro atoms. The second-order valence-corrected chi connectivity index (χ2v) is 5.85. The van der Waals surface area contributed by atoms with Gasteiger partial charge in [-0.25, -0.2) is 4.39 Å². The fourth-order valence-corrected chi connectivity index (χ4v) is 2.89. The van der Waals surface area contributed by atoms with E-state index in [1.807, 2.05) is 30.0 Å². The number of rotatable bonds is 3. The molecule has 1 aliphatic heterocycles. The zero-order valence-corrected chi connectivity index (χ0v) is 15.6. The summed E-state index contributed by atoms with van der Waals surface area (Å²) >= 11 is 0. The Balaban J connectivity index is 0.00000156. The summed E-state index contributed by atoms with van der Waals surface area (Å²) in [6, 6.07) is 10.2. The minimum Gasteiger partial charge on any atom is -0.333 e. The van der Waals surface area contributed by atoms with E-state index in [-0.39, 0.29) is 42.6 Å². The Kier molecular flexibility index (Phi) is 8.29. The lowest BCUT2D eigenvalue weighted by atomic mass is 10.0. The first-order valence-electron chi connectivity index (χ1n) is 7.80. The molecular weight excluding hydrogens is 364 g/mol. The maximum atomic E-state index is 13.5. The third kappa shape index (κ3) is 5.39. The predicted octanol–water partition coefficient (Wildman–Crippen LogP) is 3.09. The van der Waals surface area contributed by atoms with E-state index in [1.165, 1.54) is 12.1 Å². The minimum atomic E-state index is -0.275. The van der Waals surface area contributed by atoms with E-state index < -0.39 is 0 Å². The van der Waals surface area contributed by atoms with Gasteiger partial charge in [0.25, 0.3) is 0 Å². The fourth-order valence-electron chi connectivity index (χ4n) is 2.89. The molecule has 0 bridgehead atoms. The summed E-state index contributed by atoms with van der Waals surface area (Å²) in [7, 11) is 0. The molecule has 1 amide bonds. The van der Waals surface area contributed by atoms with E-state index in [9.17, 15) is 9.18 Å². The molecule has 2 aromatic rings. The summed E-state index contributed by atoms with van der Waals surface area (Å²) in [6.07, 6.45) is 2.06. The van der Waals surface area contributed by atoms with Gasteiger partial charge in [0.15, 0.2) is 0 Å². The van der Waals surface area contributed by atoms with Gasteiger partial charge in [0.1, 0.15) is 5.82 Å². The fraction of sp³-hybridized carbons (Fsp3) is 0.333. The van der Waals surface area contributed by atoms with Crippen LogP contribution in [0.25, 0.3) is 0 Å². The van der Waals surface area contributed by atoms with Gasteiger partial charge in [0.05, 0.1) is 12.5 Å². The predicted molar refractivity (Wildman–Crippen MR) is 101 cm³/mol. The van der Waals surface area contributed by atoms with E-state index >= 15 is 0 Å². The molecule has 3 rings (SSSR count). The zero-order valence-electron chi connectivity index (χ0n) is 13.9. The number of carbonyl (C=O) groups excluding carboxylic acids is 1. The van der Waals surface area contributed by atoms with Crippen molar-refractivity contribution in [3.8, 4) is 0 Å². The van der Waals surface area contributed by atoms with Gasteiger partial charge >= 0.3 is 0 Å². The van der Waals surface area contributed by atoms with Gasteiger partial charge < -0.3 is 10.2 Å². The molecule has 25 heavy (non-hydrogen) atoms. The Morgan fingerprint density at radius 3 is 2.80 bits per heavy atom. The van der Waals surface area contributed by atoms with Crippen LogP contribution in [0.1, 0.15) is 22.9 Å². The first kappa shape index (κ1) is 21.4. The number of nitrogens with one attached hydrogen (secondary N) is 1. The first-order chi connectivity index (χ1) is 11.1. The highest BCUT2D eigenvalue weighted by molar-refractivity contribution is 5.85. The smallest absolute Gasteiger partial charge is 0.227 e. The summed E-state index contributed by atoms with van der Waals surface area (Å²) in [5.74, 6) is -0.227. The number of hydrogen-bond donors (Lipinski definition) is 1. The van der Waals surface area contributed by atoms with E-state index in [0.29, 0.717) is 19.5 Å². The van der Waals surface area contributed by atoms with Crippen LogP contribution in [0.15, 0.2) is 42.6 Å². The summed E-state index contributed by atoms with van der Waals surface area (Å²) in [5, 5.41) is 3.28. The SMILES string of the molecule is Cc1ccc(CC(=O)N2CCNCC2c2cccc(F)c2)cn1.Cl.Cl. The molecule has 1 aromatic carbocycles. The number of halogens is 3. The summed E-state index contributed by atoms with van der Waals surface area (Å²) < 4.78 is 13.5. The van der Waals surface area contributed by atoms with Crippen LogP contribution in [0.2, 0.25) is 0 Å². The zero-order chi connectivity index (χ0) is 16.2. The maximum absolute atomic E-state index is 13.5. The van der Waals surface area contributed by atoms with Crippen molar-refractivity contribution in [2.75, 3.05) is 19.6 Å². The number of aryl methyl sites for hydroxylation is 1. The Bertz CT molecular complexity index is 697. The molecule has 2 heterocycles. The quantitative estimate of drug-likeness (QED) is 0.882. The van der Waals surface area contributed by atoms with Crippen LogP contribution in [0.3, 0.4) is 0 Å². The lowest BCUT2D eigenvalue weighted by Crippen LogP contribution is -2.49. The topological polar surface area (TPSA) is 45.2 Å². The van der Waals surface area contributed by atoms with Crippen molar-refractivity contribution >= 4 is 30.7 Å². The number of amides is 1. The molecule has 1 atom stereocenters. The monoisotopic (exact) mass is 385 g/mol. The van der Waals surface area contributed by atoms with Gasteiger partial charge in [-0.15, -0.1) is 24.8 Å². The molecule has 7 heteroatoms. The molecule has 0 aliphatic carbocycles. The third-order valence-corrected chi connectivity index (χ3v) is 4.13. The van der Waals surface area contributed by atoms with E-state index in [0.717, 1.165) is 23.4 Å². The van der Waals surface area contributed by atoms with Crippen LogP contribution in [0.5, 0.6) is 0 Å². The number of hydrogen-bond acceptors (Lipinski definition) is 3. The third-order valence-electron chi connectivity index (χ3n) is 4.13. The normalized spacial score (nSPS) is 16.6. The van der Waals surface area contributed by atoms with Crippen molar-refractivity contribution in [2.45, 2.75) is 19.4 Å². The first-order valence-corrected chi connectivity index (χ1v) is 7.80. The largest absolute Gasteiger partial charge is 0.333 e. The summed E-state index contributed by atoms with van der Waals surface area (Å²) in [6.45, 7) is 3.94. The van der Waals surface area contributed by atoms with Gasteiger partial charge in [0, 0.05) is 31.5 Å². The van der Waals surface area contributed by atoms with Crippen molar-refractivity contribution in [1.29, 1.82) is 0 Å². The number of nitrogens with zero attached hydrogens (tertiary/aromatic N) is 2. The van der Waals surface area contributed by atoms with Crippen LogP contribution in [-0.2, 0) is 11.2 Å². The number of benzene rings is 1. The Hall–Kier alpha value is -1.69. The van der Waals surface area contributed by atoms with Gasteiger partial charge in [-0.2, -0.15) is 0 Å². The van der Waals surface area contributed by atoms with Gasteiger partial charge in [-0.3, -0.25) is 9.78 Å². The van der Waals surface area contributed by atoms with E-state index in [1.54, 1.807) is 12.3 Å². The molecule has 0 radical (unpaired) electrons. The molecule has 1 aromatic heterocycles. The average molecular weight is 386 g/mol. The molecule has 4 nitrogen and oxygen atoms in total. The molecule has 136 valence electrons. The summed E-state index contributed by atoms with van der Waals surface area (Å²) in [5.41, 5.74) is 2.66. The highest BCUT2D eigenvalue weighted by atomic mass is 35.5. The highest BCUT2D eigenvalue weighted by Gasteiger charge is 2.28. The number of carbonyl (C=O) groups is 1. The van der Waals surface area contributed by atoms with Crippen molar-refractivity contribution in [1.82, 2.24) is 15.2 Å². The van der Waals surface area contributed by atoms with Crippen molar-refractivity contribution in [3.05, 3.63) is 65.2 Å². The average Bonchev–Trinajstić information content (AvgIpc) is 2.57. The molecule has 1 saturated heterocycles. The molecule has 1 N–H and O–H groups in total. The molecule has 1 aliphatic rings. The second-order valence-electron chi connectivity index (χ2n) is 5.85. The Labute approximate surface area is 159 Å². The van der Waals surface area contributed by atoms with E-state index in [2.05, 4.69) is 10.3 Å². The van der Waals surface area contributed by atoms with Crippen molar-refractivity contribution in [2.24, 2.45) is 0 Å². The molecule has 1 fully saturated rings.